The van der Waals surface area contributed by atoms with Gasteiger partial charge in [0.1, 0.15) is 0 Å². The highest BCUT2D eigenvalue weighted by Gasteiger charge is 2.05. The van der Waals surface area contributed by atoms with E-state index in [-0.39, 0.29) is 0 Å². The van der Waals surface area contributed by atoms with Crippen molar-refractivity contribution in [3.05, 3.63) is 54.9 Å². The molecule has 0 bridgehead atoms. The lowest BCUT2D eigenvalue weighted by molar-refractivity contribution is 0.960. The minimum absolute atomic E-state index is 0.612. The summed E-state index contributed by atoms with van der Waals surface area (Å²) >= 11 is 0. The number of nitrogens with zero attached hydrogens (tertiary/aromatic N) is 3. The predicted molar refractivity (Wildman–Crippen MR) is 59.1 cm³/mol. The number of fused-ring (bicyclic) bond motifs is 1. The van der Waals surface area contributed by atoms with Gasteiger partial charge in [0.05, 0.1) is 23.3 Å². The van der Waals surface area contributed by atoms with Crippen LogP contribution in [0.25, 0.3) is 11.1 Å². The lowest BCUT2D eigenvalue weighted by atomic mass is 10.1. The van der Waals surface area contributed by atoms with Crippen LogP contribution in [-0.4, -0.2) is 9.61 Å². The molecule has 0 radical (unpaired) electrons. The highest BCUT2D eigenvalue weighted by atomic mass is 15.2. The van der Waals surface area contributed by atoms with E-state index in [0.29, 0.717) is 5.56 Å². The molecule has 0 spiro atoms. The van der Waals surface area contributed by atoms with Crippen molar-refractivity contribution in [3.8, 4) is 6.07 Å². The van der Waals surface area contributed by atoms with Gasteiger partial charge >= 0.3 is 0 Å². The van der Waals surface area contributed by atoms with Crippen molar-refractivity contribution < 1.29 is 0 Å². The fourth-order valence-corrected chi connectivity index (χ4v) is 1.41. The van der Waals surface area contributed by atoms with Crippen LogP contribution < -0.4 is 0 Å². The molecule has 2 heterocycles. The number of hydrogen-bond acceptors (Lipinski definition) is 2. The average Bonchev–Trinajstić information content (AvgIpc) is 2.70. The van der Waals surface area contributed by atoms with E-state index in [9.17, 15) is 0 Å². The molecular formula is C12H9N3. The first kappa shape index (κ1) is 9.22. The summed E-state index contributed by atoms with van der Waals surface area (Å²) in [6, 6.07) is 5.61. The van der Waals surface area contributed by atoms with E-state index in [1.807, 2.05) is 0 Å². The third-order valence-electron chi connectivity index (χ3n) is 2.24. The third-order valence-corrected chi connectivity index (χ3v) is 2.24. The van der Waals surface area contributed by atoms with E-state index < -0.39 is 0 Å². The second kappa shape index (κ2) is 3.43. The smallest absolute Gasteiger partial charge is 0.0992 e. The predicted octanol–water partition coefficient (Wildman–Crippen LogP) is 2.41. The zero-order chi connectivity index (χ0) is 10.8. The molecule has 0 aliphatic rings. The molecule has 0 fully saturated rings. The summed E-state index contributed by atoms with van der Waals surface area (Å²) < 4.78 is 1.71. The van der Waals surface area contributed by atoms with Gasteiger partial charge in [-0.15, -0.1) is 0 Å². The van der Waals surface area contributed by atoms with Gasteiger partial charge in [0, 0.05) is 11.8 Å². The van der Waals surface area contributed by atoms with E-state index in [4.69, 9.17) is 5.26 Å². The molecule has 0 aliphatic carbocycles. The van der Waals surface area contributed by atoms with Crippen molar-refractivity contribution in [2.24, 2.45) is 0 Å². The molecule has 3 nitrogen and oxygen atoms in total. The summed E-state index contributed by atoms with van der Waals surface area (Å²) in [6.45, 7) is 7.53. The number of allylic oxidation sites excluding steroid dienone is 2. The Kier molecular flexibility index (Phi) is 2.11. The topological polar surface area (TPSA) is 41.1 Å². The van der Waals surface area contributed by atoms with Crippen molar-refractivity contribution in [2.75, 3.05) is 0 Å². The molecule has 0 amide bonds. The Balaban J connectivity index is 2.72. The summed E-state index contributed by atoms with van der Waals surface area (Å²) in [6.07, 6.45) is 5.16. The normalized spacial score (nSPS) is 9.80. The molecule has 2 aromatic heterocycles. The first-order chi connectivity index (χ1) is 7.26. The number of nitriles is 1. The van der Waals surface area contributed by atoms with Crippen LogP contribution in [0, 0.1) is 11.3 Å². The van der Waals surface area contributed by atoms with Gasteiger partial charge in [-0.2, -0.15) is 10.4 Å². The van der Waals surface area contributed by atoms with Gasteiger partial charge in [-0.3, -0.25) is 0 Å². The second-order valence-electron chi connectivity index (χ2n) is 3.14. The Morgan fingerprint density at radius 3 is 3.07 bits per heavy atom. The SMILES string of the molecule is C=CC(=C)c1cnn2ccc(C#N)cc12. The molecule has 72 valence electrons. The monoisotopic (exact) mass is 195 g/mol. The average molecular weight is 195 g/mol. The first-order valence-corrected chi connectivity index (χ1v) is 4.45. The maximum atomic E-state index is 8.80. The molecule has 0 aliphatic heterocycles. The van der Waals surface area contributed by atoms with Crippen LogP contribution in [-0.2, 0) is 0 Å². The Bertz CT molecular complexity index is 584. The molecule has 0 unspecified atom stereocenters. The van der Waals surface area contributed by atoms with Gasteiger partial charge in [0.15, 0.2) is 0 Å². The Labute approximate surface area is 87.6 Å². The Morgan fingerprint density at radius 2 is 2.40 bits per heavy atom. The zero-order valence-electron chi connectivity index (χ0n) is 8.14. The van der Waals surface area contributed by atoms with Gasteiger partial charge in [0.2, 0.25) is 0 Å². The largest absolute Gasteiger partial charge is 0.240 e. The van der Waals surface area contributed by atoms with Crippen LogP contribution in [0.15, 0.2) is 43.8 Å². The van der Waals surface area contributed by atoms with Gasteiger partial charge in [-0.1, -0.05) is 19.2 Å². The first-order valence-electron chi connectivity index (χ1n) is 4.45. The standard InChI is InChI=1S/C12H9N3/c1-3-9(2)11-8-14-15-5-4-10(7-13)6-12(11)15/h3-6,8H,1-2H2. The van der Waals surface area contributed by atoms with Gasteiger partial charge in [-0.25, -0.2) is 4.52 Å². The quantitative estimate of drug-likeness (QED) is 0.690. The highest BCUT2D eigenvalue weighted by Crippen LogP contribution is 2.19. The molecule has 3 heteroatoms. The third kappa shape index (κ3) is 1.42. The van der Waals surface area contributed by atoms with Crippen molar-refractivity contribution in [1.82, 2.24) is 9.61 Å². The summed E-state index contributed by atoms with van der Waals surface area (Å²) in [4.78, 5) is 0. The molecule has 0 saturated carbocycles. The zero-order valence-corrected chi connectivity index (χ0v) is 8.14. The van der Waals surface area contributed by atoms with E-state index in [0.717, 1.165) is 16.7 Å². The number of aromatic nitrogens is 2. The van der Waals surface area contributed by atoms with Gasteiger partial charge in [-0.05, 0) is 17.7 Å². The van der Waals surface area contributed by atoms with E-state index in [1.165, 1.54) is 0 Å². The van der Waals surface area contributed by atoms with Crippen molar-refractivity contribution >= 4 is 11.1 Å². The molecule has 0 atom stereocenters. The van der Waals surface area contributed by atoms with Crippen LogP contribution in [0.3, 0.4) is 0 Å². The lowest BCUT2D eigenvalue weighted by Gasteiger charge is -1.97. The lowest BCUT2D eigenvalue weighted by Crippen LogP contribution is -1.87. The van der Waals surface area contributed by atoms with E-state index >= 15 is 0 Å². The van der Waals surface area contributed by atoms with Crippen LogP contribution in [0.5, 0.6) is 0 Å². The van der Waals surface area contributed by atoms with Crippen LogP contribution >= 0.6 is 0 Å². The minimum Gasteiger partial charge on any atom is -0.240 e. The fraction of sp³-hybridized carbons (Fsp3) is 0. The van der Waals surface area contributed by atoms with E-state index in [2.05, 4.69) is 24.3 Å². The number of hydrogen-bond donors (Lipinski definition) is 0. The summed E-state index contributed by atoms with van der Waals surface area (Å²) in [5.41, 5.74) is 3.20. The van der Waals surface area contributed by atoms with Crippen molar-refractivity contribution in [3.63, 3.8) is 0 Å². The summed E-state index contributed by atoms with van der Waals surface area (Å²) in [7, 11) is 0. The van der Waals surface area contributed by atoms with E-state index in [1.54, 1.807) is 35.1 Å². The van der Waals surface area contributed by atoms with Crippen molar-refractivity contribution in [2.45, 2.75) is 0 Å². The molecular weight excluding hydrogens is 186 g/mol. The molecule has 0 saturated heterocycles. The molecule has 2 rings (SSSR count). The second-order valence-corrected chi connectivity index (χ2v) is 3.14. The minimum atomic E-state index is 0.612. The van der Waals surface area contributed by atoms with Gasteiger partial charge in [0.25, 0.3) is 0 Å². The molecule has 0 N–H and O–H groups in total. The summed E-state index contributed by atoms with van der Waals surface area (Å²) in [5.74, 6) is 0. The van der Waals surface area contributed by atoms with Crippen LogP contribution in [0.1, 0.15) is 11.1 Å². The fourth-order valence-electron chi connectivity index (χ4n) is 1.41. The maximum absolute atomic E-state index is 8.80. The molecule has 0 aromatic carbocycles. The summed E-state index contributed by atoms with van der Waals surface area (Å²) in [5, 5.41) is 13.0. The number of pyridine rings is 1. The van der Waals surface area contributed by atoms with Crippen LogP contribution in [0.4, 0.5) is 0 Å². The number of rotatable bonds is 2. The maximum Gasteiger partial charge on any atom is 0.0992 e. The molecule has 2 aromatic rings. The highest BCUT2D eigenvalue weighted by molar-refractivity contribution is 5.82. The van der Waals surface area contributed by atoms with Gasteiger partial charge < -0.3 is 0 Å². The Hall–Kier alpha value is -2.34. The van der Waals surface area contributed by atoms with Crippen molar-refractivity contribution in [1.29, 1.82) is 5.26 Å². The Morgan fingerprint density at radius 1 is 1.60 bits per heavy atom. The van der Waals surface area contributed by atoms with Crippen LogP contribution in [0.2, 0.25) is 0 Å². The molecule has 15 heavy (non-hydrogen) atoms.